The zero-order valence-corrected chi connectivity index (χ0v) is 12.0. The number of rotatable bonds is 9. The van der Waals surface area contributed by atoms with Crippen molar-refractivity contribution in [3.8, 4) is 0 Å². The van der Waals surface area contributed by atoms with Gasteiger partial charge in [0.2, 0.25) is 0 Å². The summed E-state index contributed by atoms with van der Waals surface area (Å²) in [5.74, 6) is 2.36. The van der Waals surface area contributed by atoms with Crippen LogP contribution < -0.4 is 5.90 Å². The van der Waals surface area contributed by atoms with Gasteiger partial charge in [0.15, 0.2) is 5.60 Å². The minimum absolute atomic E-state index is 0.0775. The van der Waals surface area contributed by atoms with E-state index in [0.29, 0.717) is 0 Å². The van der Waals surface area contributed by atoms with Crippen LogP contribution in [0.15, 0.2) is 0 Å². The first-order valence-electron chi connectivity index (χ1n) is 6.32. The fraction of sp³-hybridized carbons (Fsp3) is 0.750. The highest BCUT2D eigenvalue weighted by molar-refractivity contribution is 5.90. The SMILES string of the molecule is CCOC(=O)CC(CC(=O)ON)(OCC)C(=O)OCC. The van der Waals surface area contributed by atoms with E-state index in [2.05, 4.69) is 4.84 Å². The second-order valence-electron chi connectivity index (χ2n) is 3.80. The van der Waals surface area contributed by atoms with Crippen molar-refractivity contribution in [1.29, 1.82) is 0 Å². The summed E-state index contributed by atoms with van der Waals surface area (Å²) in [5, 5.41) is 0. The molecule has 0 aromatic carbocycles. The summed E-state index contributed by atoms with van der Waals surface area (Å²) in [5.41, 5.74) is -1.78. The lowest BCUT2D eigenvalue weighted by atomic mass is 9.95. The summed E-state index contributed by atoms with van der Waals surface area (Å²) in [6.45, 7) is 5.15. The van der Waals surface area contributed by atoms with Gasteiger partial charge in [-0.3, -0.25) is 9.59 Å². The number of hydrogen-bond donors (Lipinski definition) is 1. The third-order valence-corrected chi connectivity index (χ3v) is 2.36. The Balaban J connectivity index is 5.24. The molecule has 0 amide bonds. The average molecular weight is 291 g/mol. The molecule has 0 aromatic rings. The van der Waals surface area contributed by atoms with E-state index in [1.165, 1.54) is 0 Å². The zero-order chi connectivity index (χ0) is 15.6. The monoisotopic (exact) mass is 291 g/mol. The number of carbonyl (C=O) groups is 3. The first-order valence-corrected chi connectivity index (χ1v) is 6.32. The predicted octanol–water partition coefficient (Wildman–Crippen LogP) is 0.0850. The Labute approximate surface area is 117 Å². The maximum Gasteiger partial charge on any atom is 0.339 e. The number of carbonyl (C=O) groups excluding carboxylic acids is 3. The van der Waals surface area contributed by atoms with Gasteiger partial charge in [0, 0.05) is 6.61 Å². The van der Waals surface area contributed by atoms with E-state index >= 15 is 0 Å². The molecule has 8 heteroatoms. The Morgan fingerprint density at radius 3 is 1.90 bits per heavy atom. The smallest absolute Gasteiger partial charge is 0.339 e. The third-order valence-electron chi connectivity index (χ3n) is 2.36. The van der Waals surface area contributed by atoms with Gasteiger partial charge >= 0.3 is 17.9 Å². The summed E-state index contributed by atoms with van der Waals surface area (Å²) in [6.07, 6.45) is -0.988. The summed E-state index contributed by atoms with van der Waals surface area (Å²) in [4.78, 5) is 39.1. The van der Waals surface area contributed by atoms with Crippen molar-refractivity contribution >= 4 is 17.9 Å². The fourth-order valence-corrected chi connectivity index (χ4v) is 1.63. The first kappa shape index (κ1) is 18.3. The van der Waals surface area contributed by atoms with Crippen LogP contribution in [-0.4, -0.2) is 43.3 Å². The van der Waals surface area contributed by atoms with E-state index in [4.69, 9.17) is 20.1 Å². The normalized spacial score (nSPS) is 13.2. The highest BCUT2D eigenvalue weighted by Crippen LogP contribution is 2.24. The molecule has 0 saturated heterocycles. The van der Waals surface area contributed by atoms with Crippen LogP contribution in [-0.2, 0) is 33.4 Å². The van der Waals surface area contributed by atoms with Gasteiger partial charge in [-0.1, -0.05) is 0 Å². The molecule has 0 bridgehead atoms. The molecule has 0 spiro atoms. The van der Waals surface area contributed by atoms with Crippen molar-refractivity contribution in [1.82, 2.24) is 0 Å². The molecule has 0 aromatic heterocycles. The molecule has 0 aliphatic rings. The van der Waals surface area contributed by atoms with E-state index in [9.17, 15) is 14.4 Å². The van der Waals surface area contributed by atoms with Gasteiger partial charge in [0.25, 0.3) is 0 Å². The fourth-order valence-electron chi connectivity index (χ4n) is 1.63. The van der Waals surface area contributed by atoms with Gasteiger partial charge in [-0.2, -0.15) is 5.90 Å². The Bertz CT molecular complexity index is 345. The minimum Gasteiger partial charge on any atom is -0.466 e. The molecule has 1 unspecified atom stereocenters. The third kappa shape index (κ3) is 5.54. The quantitative estimate of drug-likeness (QED) is 0.469. The summed E-state index contributed by atoms with van der Waals surface area (Å²) in [6, 6.07) is 0. The summed E-state index contributed by atoms with van der Waals surface area (Å²) < 4.78 is 14.9. The van der Waals surface area contributed by atoms with Crippen LogP contribution in [0.3, 0.4) is 0 Å². The second kappa shape index (κ2) is 9.27. The molecule has 0 aliphatic heterocycles. The largest absolute Gasteiger partial charge is 0.466 e. The Morgan fingerprint density at radius 1 is 0.900 bits per heavy atom. The van der Waals surface area contributed by atoms with Gasteiger partial charge in [-0.05, 0) is 20.8 Å². The Hall–Kier alpha value is -1.67. The maximum atomic E-state index is 12.0. The number of hydrogen-bond acceptors (Lipinski definition) is 8. The van der Waals surface area contributed by atoms with Gasteiger partial charge in [-0.25, -0.2) is 4.79 Å². The molecule has 20 heavy (non-hydrogen) atoms. The highest BCUT2D eigenvalue weighted by atomic mass is 16.7. The van der Waals surface area contributed by atoms with Gasteiger partial charge in [0.05, 0.1) is 26.1 Å². The molecule has 0 heterocycles. The molecular weight excluding hydrogens is 270 g/mol. The molecular formula is C12H21NO7. The number of nitrogens with two attached hydrogens (primary N) is 1. The van der Waals surface area contributed by atoms with Crippen LogP contribution >= 0.6 is 0 Å². The lowest BCUT2D eigenvalue weighted by molar-refractivity contribution is -0.184. The van der Waals surface area contributed by atoms with Crippen LogP contribution in [0.4, 0.5) is 0 Å². The van der Waals surface area contributed by atoms with Gasteiger partial charge in [-0.15, -0.1) is 0 Å². The first-order chi connectivity index (χ1) is 9.45. The van der Waals surface area contributed by atoms with Crippen molar-refractivity contribution < 1.29 is 33.4 Å². The van der Waals surface area contributed by atoms with E-state index in [0.717, 1.165) is 0 Å². The molecule has 0 rings (SSSR count). The second-order valence-corrected chi connectivity index (χ2v) is 3.80. The maximum absolute atomic E-state index is 12.0. The molecule has 0 aliphatic carbocycles. The lowest BCUT2D eigenvalue weighted by Gasteiger charge is -2.29. The van der Waals surface area contributed by atoms with Crippen LogP contribution in [0.2, 0.25) is 0 Å². The van der Waals surface area contributed by atoms with Gasteiger partial charge < -0.3 is 19.0 Å². The summed E-state index contributed by atoms with van der Waals surface area (Å²) in [7, 11) is 0. The summed E-state index contributed by atoms with van der Waals surface area (Å²) >= 11 is 0. The standard InChI is InChI=1S/C12H21NO7/c1-4-17-9(14)7-12(19-6-3,8-10(15)20-13)11(16)18-5-2/h4-8,13H2,1-3H3. The molecule has 116 valence electrons. The topological polar surface area (TPSA) is 114 Å². The molecule has 8 nitrogen and oxygen atoms in total. The average Bonchev–Trinajstić information content (AvgIpc) is 2.39. The molecule has 0 fully saturated rings. The van der Waals surface area contributed by atoms with Crippen molar-refractivity contribution in [2.45, 2.75) is 39.2 Å². The lowest BCUT2D eigenvalue weighted by Crippen LogP contribution is -2.47. The van der Waals surface area contributed by atoms with Crippen molar-refractivity contribution in [2.75, 3.05) is 19.8 Å². The minimum atomic E-state index is -1.78. The van der Waals surface area contributed by atoms with Crippen molar-refractivity contribution in [3.05, 3.63) is 0 Å². The number of esters is 2. The van der Waals surface area contributed by atoms with E-state index < -0.39 is 36.4 Å². The molecule has 2 N–H and O–H groups in total. The Morgan fingerprint density at radius 2 is 1.45 bits per heavy atom. The molecule has 1 atom stereocenters. The molecule has 0 saturated carbocycles. The van der Waals surface area contributed by atoms with Crippen molar-refractivity contribution in [3.63, 3.8) is 0 Å². The molecule has 0 radical (unpaired) electrons. The highest BCUT2D eigenvalue weighted by Gasteiger charge is 2.46. The van der Waals surface area contributed by atoms with Crippen LogP contribution in [0, 0.1) is 0 Å². The zero-order valence-electron chi connectivity index (χ0n) is 12.0. The van der Waals surface area contributed by atoms with Gasteiger partial charge in [0.1, 0.15) is 0 Å². The Kier molecular flexibility index (Phi) is 8.49. The van der Waals surface area contributed by atoms with Crippen LogP contribution in [0.5, 0.6) is 0 Å². The van der Waals surface area contributed by atoms with E-state index in [1.54, 1.807) is 20.8 Å². The van der Waals surface area contributed by atoms with Crippen LogP contribution in [0.1, 0.15) is 33.6 Å². The number of ether oxygens (including phenoxy) is 3. The van der Waals surface area contributed by atoms with E-state index in [-0.39, 0.29) is 19.8 Å². The van der Waals surface area contributed by atoms with E-state index in [1.807, 2.05) is 0 Å². The van der Waals surface area contributed by atoms with Crippen LogP contribution in [0.25, 0.3) is 0 Å². The predicted molar refractivity (Wildman–Crippen MR) is 67.1 cm³/mol. The van der Waals surface area contributed by atoms with Crippen molar-refractivity contribution in [2.24, 2.45) is 5.90 Å².